The molecule has 0 saturated carbocycles. The summed E-state index contributed by atoms with van der Waals surface area (Å²) in [6.07, 6.45) is 4.23. The Morgan fingerprint density at radius 2 is 1.86 bits per heavy atom. The number of hydrogen-bond donors (Lipinski definition) is 2. The maximum atomic E-state index is 9.71. The van der Waals surface area contributed by atoms with Crippen molar-refractivity contribution in [3.63, 3.8) is 0 Å². The van der Waals surface area contributed by atoms with Gasteiger partial charge in [-0.15, -0.1) is 0 Å². The molecular weight excluding hydrogens is 176 g/mol. The fourth-order valence-electron chi connectivity index (χ4n) is 1.59. The minimum Gasteiger partial charge on any atom is -0.508 e. The number of benzene rings is 1. The van der Waals surface area contributed by atoms with Crippen molar-refractivity contribution in [1.29, 1.82) is 0 Å². The van der Waals surface area contributed by atoms with Gasteiger partial charge in [0.2, 0.25) is 0 Å². The fourth-order valence-corrected chi connectivity index (χ4v) is 1.59. The van der Waals surface area contributed by atoms with Gasteiger partial charge in [-0.3, -0.25) is 0 Å². The van der Waals surface area contributed by atoms with Crippen LogP contribution in [0, 0.1) is 6.92 Å². The topological polar surface area (TPSA) is 40.5 Å². The molecule has 2 heteroatoms. The third-order valence-electron chi connectivity index (χ3n) is 2.41. The van der Waals surface area contributed by atoms with Gasteiger partial charge < -0.3 is 10.2 Å². The number of phenols is 2. The highest BCUT2D eigenvalue weighted by Gasteiger charge is 2.05. The molecule has 0 aliphatic carbocycles. The molecule has 0 aliphatic rings. The third-order valence-corrected chi connectivity index (χ3v) is 2.41. The van der Waals surface area contributed by atoms with E-state index in [2.05, 4.69) is 6.92 Å². The summed E-state index contributed by atoms with van der Waals surface area (Å²) in [4.78, 5) is 0. The smallest absolute Gasteiger partial charge is 0.121 e. The molecule has 1 aromatic carbocycles. The van der Waals surface area contributed by atoms with Crippen LogP contribution in [-0.4, -0.2) is 10.2 Å². The highest BCUT2D eigenvalue weighted by atomic mass is 16.3. The normalized spacial score (nSPS) is 10.4. The summed E-state index contributed by atoms with van der Waals surface area (Å²) >= 11 is 0. The fraction of sp³-hybridized carbons (Fsp3) is 0.500. The van der Waals surface area contributed by atoms with Gasteiger partial charge in [0, 0.05) is 0 Å². The first-order valence-corrected chi connectivity index (χ1v) is 5.16. The maximum Gasteiger partial charge on any atom is 0.121 e. The van der Waals surface area contributed by atoms with Gasteiger partial charge in [-0.1, -0.05) is 19.8 Å². The molecule has 0 fully saturated rings. The summed E-state index contributed by atoms with van der Waals surface area (Å²) in [5.74, 6) is 0.575. The number of unbranched alkanes of at least 4 members (excludes halogenated alkanes) is 2. The predicted octanol–water partition coefficient (Wildman–Crippen LogP) is 3.14. The molecule has 0 bridgehead atoms. The molecule has 0 amide bonds. The van der Waals surface area contributed by atoms with Crippen LogP contribution >= 0.6 is 0 Å². The van der Waals surface area contributed by atoms with Crippen LogP contribution in [0.2, 0.25) is 0 Å². The molecule has 0 aromatic heterocycles. The van der Waals surface area contributed by atoms with Gasteiger partial charge in [-0.25, -0.2) is 0 Å². The van der Waals surface area contributed by atoms with Gasteiger partial charge in [0.05, 0.1) is 0 Å². The maximum absolute atomic E-state index is 9.71. The van der Waals surface area contributed by atoms with Crippen LogP contribution in [0.1, 0.15) is 37.3 Å². The number of hydrogen-bond acceptors (Lipinski definition) is 2. The van der Waals surface area contributed by atoms with Crippen molar-refractivity contribution in [1.82, 2.24) is 0 Å². The van der Waals surface area contributed by atoms with Crippen molar-refractivity contribution in [2.45, 2.75) is 39.5 Å². The lowest BCUT2D eigenvalue weighted by atomic mass is 10.0. The van der Waals surface area contributed by atoms with Crippen molar-refractivity contribution < 1.29 is 10.2 Å². The number of phenolic OH excluding ortho intramolecular Hbond substituents is 2. The standard InChI is InChI=1S/C12H18O2/c1-3-4-5-6-10-8-11(13)7-9(2)12(10)14/h7-8,13-14H,3-6H2,1-2H3. The van der Waals surface area contributed by atoms with Crippen molar-refractivity contribution in [2.75, 3.05) is 0 Å². The van der Waals surface area contributed by atoms with E-state index in [-0.39, 0.29) is 5.75 Å². The lowest BCUT2D eigenvalue weighted by Gasteiger charge is -2.07. The van der Waals surface area contributed by atoms with E-state index in [1.165, 1.54) is 6.42 Å². The first-order chi connectivity index (χ1) is 6.65. The SMILES string of the molecule is CCCCCc1cc(O)cc(C)c1O. The molecule has 0 aliphatic heterocycles. The van der Waals surface area contributed by atoms with Gasteiger partial charge in [-0.2, -0.15) is 0 Å². The predicted molar refractivity (Wildman–Crippen MR) is 57.7 cm³/mol. The zero-order chi connectivity index (χ0) is 10.6. The Hall–Kier alpha value is -1.18. The lowest BCUT2D eigenvalue weighted by molar-refractivity contribution is 0.449. The molecule has 2 N–H and O–H groups in total. The van der Waals surface area contributed by atoms with Crippen LogP contribution < -0.4 is 0 Å². The number of rotatable bonds is 4. The summed E-state index contributed by atoms with van der Waals surface area (Å²) < 4.78 is 0. The van der Waals surface area contributed by atoms with Gasteiger partial charge in [0.1, 0.15) is 11.5 Å². The second-order valence-electron chi connectivity index (χ2n) is 3.73. The highest BCUT2D eigenvalue weighted by molar-refractivity contribution is 5.45. The van der Waals surface area contributed by atoms with E-state index in [9.17, 15) is 10.2 Å². The molecule has 14 heavy (non-hydrogen) atoms. The molecule has 0 saturated heterocycles. The Bertz CT molecular complexity index is 305. The summed E-state index contributed by atoms with van der Waals surface area (Å²) in [5.41, 5.74) is 1.60. The molecule has 0 spiro atoms. The van der Waals surface area contributed by atoms with Crippen molar-refractivity contribution in [3.8, 4) is 11.5 Å². The Morgan fingerprint density at radius 1 is 1.14 bits per heavy atom. The molecule has 1 aromatic rings. The van der Waals surface area contributed by atoms with E-state index >= 15 is 0 Å². The molecule has 0 atom stereocenters. The van der Waals surface area contributed by atoms with Crippen molar-refractivity contribution >= 4 is 0 Å². The van der Waals surface area contributed by atoms with Gasteiger partial charge in [-0.05, 0) is 43.0 Å². The molecule has 0 radical (unpaired) electrons. The van der Waals surface area contributed by atoms with Crippen LogP contribution in [0.5, 0.6) is 11.5 Å². The average molecular weight is 194 g/mol. The van der Waals surface area contributed by atoms with Crippen LogP contribution in [0.4, 0.5) is 0 Å². The molecule has 1 rings (SSSR count). The van der Waals surface area contributed by atoms with Crippen LogP contribution in [0.3, 0.4) is 0 Å². The quantitative estimate of drug-likeness (QED) is 0.571. The van der Waals surface area contributed by atoms with Gasteiger partial charge >= 0.3 is 0 Å². The minimum atomic E-state index is 0.242. The van der Waals surface area contributed by atoms with E-state index in [0.717, 1.165) is 30.4 Å². The summed E-state index contributed by atoms with van der Waals surface area (Å²) in [5, 5.41) is 19.1. The zero-order valence-electron chi connectivity index (χ0n) is 8.88. The Balaban J connectivity index is 2.75. The van der Waals surface area contributed by atoms with E-state index in [1.807, 2.05) is 0 Å². The Labute approximate surface area is 85.2 Å². The average Bonchev–Trinajstić information content (AvgIpc) is 2.13. The van der Waals surface area contributed by atoms with Crippen LogP contribution in [0.15, 0.2) is 12.1 Å². The van der Waals surface area contributed by atoms with Gasteiger partial charge in [0.15, 0.2) is 0 Å². The summed E-state index contributed by atoms with van der Waals surface area (Å²) in [6.45, 7) is 3.95. The van der Waals surface area contributed by atoms with Crippen molar-refractivity contribution in [2.24, 2.45) is 0 Å². The Morgan fingerprint density at radius 3 is 2.50 bits per heavy atom. The van der Waals surface area contributed by atoms with E-state index in [0.29, 0.717) is 5.75 Å². The lowest BCUT2D eigenvalue weighted by Crippen LogP contribution is -1.88. The summed E-state index contributed by atoms with van der Waals surface area (Å²) in [6, 6.07) is 3.23. The third kappa shape index (κ3) is 2.66. The van der Waals surface area contributed by atoms with Crippen LogP contribution in [-0.2, 0) is 6.42 Å². The van der Waals surface area contributed by atoms with E-state index in [4.69, 9.17) is 0 Å². The van der Waals surface area contributed by atoms with Crippen LogP contribution in [0.25, 0.3) is 0 Å². The number of aromatic hydroxyl groups is 2. The minimum absolute atomic E-state index is 0.242. The first-order valence-electron chi connectivity index (χ1n) is 5.16. The van der Waals surface area contributed by atoms with Crippen molar-refractivity contribution in [3.05, 3.63) is 23.3 Å². The molecule has 2 nitrogen and oxygen atoms in total. The van der Waals surface area contributed by atoms with Gasteiger partial charge in [0.25, 0.3) is 0 Å². The highest BCUT2D eigenvalue weighted by Crippen LogP contribution is 2.28. The van der Waals surface area contributed by atoms with E-state index in [1.54, 1.807) is 19.1 Å². The molecule has 0 heterocycles. The second kappa shape index (κ2) is 4.89. The molecule has 0 unspecified atom stereocenters. The largest absolute Gasteiger partial charge is 0.508 e. The Kier molecular flexibility index (Phi) is 3.81. The first kappa shape index (κ1) is 10.9. The summed E-state index contributed by atoms with van der Waals surface area (Å²) in [7, 11) is 0. The van der Waals surface area contributed by atoms with E-state index < -0.39 is 0 Å². The molecule has 78 valence electrons. The number of aryl methyl sites for hydroxylation is 2. The molecular formula is C12H18O2. The second-order valence-corrected chi connectivity index (χ2v) is 3.73. The zero-order valence-corrected chi connectivity index (χ0v) is 8.88. The monoisotopic (exact) mass is 194 g/mol.